The van der Waals surface area contributed by atoms with E-state index in [9.17, 15) is 4.79 Å². The SMILES string of the molecule is CCCC(=O)N1CCCC(C)CC1. The van der Waals surface area contributed by atoms with Crippen molar-refractivity contribution in [1.82, 2.24) is 4.90 Å². The standard InChI is InChI=1S/C11H21NO/c1-3-5-11(13)12-8-4-6-10(2)7-9-12/h10H,3-9H2,1-2H3. The van der Waals surface area contributed by atoms with Gasteiger partial charge >= 0.3 is 0 Å². The fourth-order valence-electron chi connectivity index (χ4n) is 1.88. The minimum absolute atomic E-state index is 0.358. The van der Waals surface area contributed by atoms with Crippen LogP contribution in [0.4, 0.5) is 0 Å². The molecule has 1 aliphatic rings. The Labute approximate surface area is 81.3 Å². The van der Waals surface area contributed by atoms with Gasteiger partial charge in [-0.25, -0.2) is 0 Å². The summed E-state index contributed by atoms with van der Waals surface area (Å²) in [6, 6.07) is 0. The second-order valence-corrected chi connectivity index (χ2v) is 4.17. The summed E-state index contributed by atoms with van der Waals surface area (Å²) in [5.41, 5.74) is 0. The van der Waals surface area contributed by atoms with Crippen LogP contribution >= 0.6 is 0 Å². The summed E-state index contributed by atoms with van der Waals surface area (Å²) in [5, 5.41) is 0. The third-order valence-corrected chi connectivity index (χ3v) is 2.83. The number of carbonyl (C=O) groups excluding carboxylic acids is 1. The second-order valence-electron chi connectivity index (χ2n) is 4.17. The van der Waals surface area contributed by atoms with Gasteiger partial charge in [0.05, 0.1) is 0 Å². The maximum Gasteiger partial charge on any atom is 0.222 e. The molecule has 1 heterocycles. The van der Waals surface area contributed by atoms with Gasteiger partial charge in [0, 0.05) is 19.5 Å². The Hall–Kier alpha value is -0.530. The Morgan fingerprint density at radius 1 is 1.38 bits per heavy atom. The van der Waals surface area contributed by atoms with E-state index in [0.29, 0.717) is 5.91 Å². The molecule has 1 amide bonds. The van der Waals surface area contributed by atoms with Crippen LogP contribution in [0.1, 0.15) is 46.0 Å². The molecule has 0 saturated carbocycles. The zero-order chi connectivity index (χ0) is 9.68. The number of nitrogens with zero attached hydrogens (tertiary/aromatic N) is 1. The number of rotatable bonds is 2. The van der Waals surface area contributed by atoms with Crippen LogP contribution in [0.15, 0.2) is 0 Å². The van der Waals surface area contributed by atoms with Crippen molar-refractivity contribution >= 4 is 5.91 Å². The molecule has 0 aromatic heterocycles. The fourth-order valence-corrected chi connectivity index (χ4v) is 1.88. The molecule has 1 fully saturated rings. The summed E-state index contributed by atoms with van der Waals surface area (Å²) in [6.07, 6.45) is 5.38. The third-order valence-electron chi connectivity index (χ3n) is 2.83. The Morgan fingerprint density at radius 2 is 2.15 bits per heavy atom. The highest BCUT2D eigenvalue weighted by Gasteiger charge is 2.17. The highest BCUT2D eigenvalue weighted by atomic mass is 16.2. The zero-order valence-corrected chi connectivity index (χ0v) is 8.88. The highest BCUT2D eigenvalue weighted by Crippen LogP contribution is 2.17. The average molecular weight is 183 g/mol. The molecule has 0 radical (unpaired) electrons. The first-order chi connectivity index (χ1) is 6.24. The van der Waals surface area contributed by atoms with Crippen LogP contribution in [0.3, 0.4) is 0 Å². The fraction of sp³-hybridized carbons (Fsp3) is 0.909. The van der Waals surface area contributed by atoms with Crippen molar-refractivity contribution in [3.05, 3.63) is 0 Å². The normalized spacial score (nSPS) is 24.2. The molecule has 2 heteroatoms. The van der Waals surface area contributed by atoms with E-state index in [1.54, 1.807) is 0 Å². The van der Waals surface area contributed by atoms with Gasteiger partial charge in [0.25, 0.3) is 0 Å². The van der Waals surface area contributed by atoms with Gasteiger partial charge in [-0.15, -0.1) is 0 Å². The first-order valence-corrected chi connectivity index (χ1v) is 5.51. The van der Waals surface area contributed by atoms with Crippen molar-refractivity contribution in [2.24, 2.45) is 5.92 Å². The van der Waals surface area contributed by atoms with Crippen LogP contribution in [0, 0.1) is 5.92 Å². The summed E-state index contributed by atoms with van der Waals surface area (Å²) in [6.45, 7) is 6.33. The first-order valence-electron chi connectivity index (χ1n) is 5.51. The minimum atomic E-state index is 0.358. The Morgan fingerprint density at radius 3 is 2.85 bits per heavy atom. The van der Waals surface area contributed by atoms with Gasteiger partial charge in [-0.2, -0.15) is 0 Å². The molecular formula is C11H21NO. The minimum Gasteiger partial charge on any atom is -0.343 e. The lowest BCUT2D eigenvalue weighted by molar-refractivity contribution is -0.131. The van der Waals surface area contributed by atoms with Crippen LogP contribution in [0.2, 0.25) is 0 Å². The summed E-state index contributed by atoms with van der Waals surface area (Å²) in [4.78, 5) is 13.6. The lowest BCUT2D eigenvalue weighted by atomic mass is 10.0. The van der Waals surface area contributed by atoms with E-state index in [2.05, 4.69) is 13.8 Å². The molecule has 1 atom stereocenters. The van der Waals surface area contributed by atoms with Crippen molar-refractivity contribution < 1.29 is 4.79 Å². The summed E-state index contributed by atoms with van der Waals surface area (Å²) in [5.74, 6) is 1.16. The first kappa shape index (κ1) is 10.6. The van der Waals surface area contributed by atoms with Gasteiger partial charge in [-0.1, -0.05) is 13.8 Å². The van der Waals surface area contributed by atoms with E-state index in [1.165, 1.54) is 19.3 Å². The van der Waals surface area contributed by atoms with Gasteiger partial charge in [-0.05, 0) is 31.6 Å². The number of likely N-dealkylation sites (tertiary alicyclic amines) is 1. The van der Waals surface area contributed by atoms with E-state index in [0.717, 1.165) is 31.8 Å². The molecular weight excluding hydrogens is 162 g/mol. The molecule has 0 aromatic carbocycles. The van der Waals surface area contributed by atoms with Gasteiger partial charge in [0.2, 0.25) is 5.91 Å². The van der Waals surface area contributed by atoms with Crippen molar-refractivity contribution in [3.63, 3.8) is 0 Å². The summed E-state index contributed by atoms with van der Waals surface area (Å²) >= 11 is 0. The molecule has 1 aliphatic heterocycles. The largest absolute Gasteiger partial charge is 0.343 e. The highest BCUT2D eigenvalue weighted by molar-refractivity contribution is 5.76. The lowest BCUT2D eigenvalue weighted by Crippen LogP contribution is -2.31. The van der Waals surface area contributed by atoms with Crippen LogP contribution in [-0.2, 0) is 4.79 Å². The molecule has 76 valence electrons. The zero-order valence-electron chi connectivity index (χ0n) is 8.88. The van der Waals surface area contributed by atoms with Crippen molar-refractivity contribution in [1.29, 1.82) is 0 Å². The molecule has 1 unspecified atom stereocenters. The quantitative estimate of drug-likeness (QED) is 0.644. The predicted octanol–water partition coefficient (Wildman–Crippen LogP) is 2.44. The van der Waals surface area contributed by atoms with Crippen LogP contribution in [-0.4, -0.2) is 23.9 Å². The van der Waals surface area contributed by atoms with Gasteiger partial charge < -0.3 is 4.90 Å². The van der Waals surface area contributed by atoms with Gasteiger partial charge in [-0.3, -0.25) is 4.79 Å². The Balaban J connectivity index is 2.37. The molecule has 0 N–H and O–H groups in total. The van der Waals surface area contributed by atoms with Crippen molar-refractivity contribution in [3.8, 4) is 0 Å². The number of carbonyl (C=O) groups is 1. The maximum atomic E-state index is 11.6. The van der Waals surface area contributed by atoms with Crippen LogP contribution in [0.25, 0.3) is 0 Å². The summed E-state index contributed by atoms with van der Waals surface area (Å²) in [7, 11) is 0. The number of hydrogen-bond donors (Lipinski definition) is 0. The smallest absolute Gasteiger partial charge is 0.222 e. The van der Waals surface area contributed by atoms with Crippen LogP contribution in [0.5, 0.6) is 0 Å². The number of amides is 1. The molecule has 0 aliphatic carbocycles. The molecule has 0 aromatic rings. The molecule has 0 spiro atoms. The molecule has 2 nitrogen and oxygen atoms in total. The Kier molecular flexibility index (Phi) is 4.26. The van der Waals surface area contributed by atoms with Gasteiger partial charge in [0.1, 0.15) is 0 Å². The van der Waals surface area contributed by atoms with Crippen molar-refractivity contribution in [2.75, 3.05) is 13.1 Å². The molecule has 1 rings (SSSR count). The van der Waals surface area contributed by atoms with Gasteiger partial charge in [0.15, 0.2) is 0 Å². The average Bonchev–Trinajstić information content (AvgIpc) is 2.30. The lowest BCUT2D eigenvalue weighted by Gasteiger charge is -2.19. The molecule has 0 bridgehead atoms. The topological polar surface area (TPSA) is 20.3 Å². The Bertz CT molecular complexity index is 167. The van der Waals surface area contributed by atoms with Crippen LogP contribution < -0.4 is 0 Å². The second kappa shape index (κ2) is 5.25. The monoisotopic (exact) mass is 183 g/mol. The molecule has 1 saturated heterocycles. The van der Waals surface area contributed by atoms with E-state index in [4.69, 9.17) is 0 Å². The van der Waals surface area contributed by atoms with E-state index in [1.807, 2.05) is 4.90 Å². The van der Waals surface area contributed by atoms with E-state index < -0.39 is 0 Å². The van der Waals surface area contributed by atoms with E-state index >= 15 is 0 Å². The van der Waals surface area contributed by atoms with E-state index in [-0.39, 0.29) is 0 Å². The maximum absolute atomic E-state index is 11.6. The predicted molar refractivity (Wildman–Crippen MR) is 54.5 cm³/mol. The number of hydrogen-bond acceptors (Lipinski definition) is 1. The summed E-state index contributed by atoms with van der Waals surface area (Å²) < 4.78 is 0. The van der Waals surface area contributed by atoms with Crippen molar-refractivity contribution in [2.45, 2.75) is 46.0 Å². The third kappa shape index (κ3) is 3.37. The molecule has 13 heavy (non-hydrogen) atoms.